The summed E-state index contributed by atoms with van der Waals surface area (Å²) in [5, 5.41) is 26.7. The van der Waals surface area contributed by atoms with Gasteiger partial charge in [0.25, 0.3) is 11.1 Å². The van der Waals surface area contributed by atoms with Crippen LogP contribution < -0.4 is 37.9 Å². The number of aryl methyl sites for hydroxylation is 1. The molecule has 61 heavy (non-hydrogen) atoms. The number of ether oxygens (including phenoxy) is 1. The predicted octanol–water partition coefficient (Wildman–Crippen LogP) is 4.35. The van der Waals surface area contributed by atoms with Gasteiger partial charge < -0.3 is 25.6 Å². The van der Waals surface area contributed by atoms with Gasteiger partial charge >= 0.3 is 11.4 Å². The average molecular weight is 839 g/mol. The van der Waals surface area contributed by atoms with E-state index in [1.54, 1.807) is 37.8 Å². The van der Waals surface area contributed by atoms with Gasteiger partial charge in [0.1, 0.15) is 11.5 Å². The lowest BCUT2D eigenvalue weighted by Gasteiger charge is -2.28. The monoisotopic (exact) mass is 838 g/mol. The molecule has 4 N–H and O–H groups in total. The first kappa shape index (κ1) is 43.0. The predicted molar refractivity (Wildman–Crippen MR) is 236 cm³/mol. The van der Waals surface area contributed by atoms with E-state index in [4.69, 9.17) is 9.72 Å². The number of rotatable bonds is 13. The largest absolute Gasteiger partial charge is 0.508 e. The Morgan fingerprint density at radius 1 is 0.754 bits per heavy atom. The van der Waals surface area contributed by atoms with Gasteiger partial charge in [0, 0.05) is 33.2 Å². The van der Waals surface area contributed by atoms with Gasteiger partial charge in [0.05, 0.1) is 32.3 Å². The Kier molecular flexibility index (Phi) is 12.6. The zero-order valence-corrected chi connectivity index (χ0v) is 36.0. The van der Waals surface area contributed by atoms with Crippen molar-refractivity contribution in [3.63, 3.8) is 0 Å². The maximum absolute atomic E-state index is 13.5. The molecule has 4 aromatic heterocycles. The molecule has 0 saturated heterocycles. The molecule has 4 heterocycles. The fourth-order valence-electron chi connectivity index (χ4n) is 8.62. The molecule has 2 aliphatic carbocycles. The van der Waals surface area contributed by atoms with Gasteiger partial charge in [-0.2, -0.15) is 9.97 Å². The second-order valence-electron chi connectivity index (χ2n) is 16.8. The SMILES string of the molecule is CCn1c(=O)c2c(nc(NC3(CO)CCCC3)n2Cc2ccc(OC)cc2)n(CC(C)C)c1=O.Cn1c(=O)c2c(nc(NC3CCCC3)n2Cc2ccc(O)cc2)n(C)c1=O. The van der Waals surface area contributed by atoms with Crippen molar-refractivity contribution in [1.82, 2.24) is 37.4 Å². The number of hydrogen-bond acceptors (Lipinski definition) is 11. The maximum atomic E-state index is 13.5. The molecule has 2 aliphatic rings. The molecule has 326 valence electrons. The molecule has 2 aromatic carbocycles. The minimum atomic E-state index is -0.480. The van der Waals surface area contributed by atoms with Gasteiger partial charge in [0.15, 0.2) is 22.3 Å². The van der Waals surface area contributed by atoms with Crippen molar-refractivity contribution < 1.29 is 14.9 Å². The number of aliphatic hydroxyl groups excluding tert-OH is 1. The van der Waals surface area contributed by atoms with Gasteiger partial charge in [-0.25, -0.2) is 9.59 Å². The minimum absolute atomic E-state index is 0.0171. The van der Waals surface area contributed by atoms with Crippen LogP contribution in [0.25, 0.3) is 22.3 Å². The molecule has 2 saturated carbocycles. The molecule has 6 aromatic rings. The van der Waals surface area contributed by atoms with Crippen molar-refractivity contribution in [2.75, 3.05) is 24.4 Å². The van der Waals surface area contributed by atoms with Crippen LogP contribution in [0.1, 0.15) is 83.3 Å². The van der Waals surface area contributed by atoms with Crippen molar-refractivity contribution >= 4 is 34.2 Å². The molecule has 0 aliphatic heterocycles. The number of nitrogens with one attached hydrogen (secondary N) is 2. The second kappa shape index (κ2) is 17.9. The summed E-state index contributed by atoms with van der Waals surface area (Å²) in [6, 6.07) is 14.8. The first-order chi connectivity index (χ1) is 29.3. The molecule has 17 nitrogen and oxygen atoms in total. The van der Waals surface area contributed by atoms with E-state index in [-0.39, 0.29) is 41.6 Å². The van der Waals surface area contributed by atoms with Crippen molar-refractivity contribution in [2.45, 2.75) is 110 Å². The molecule has 0 radical (unpaired) electrons. The van der Waals surface area contributed by atoms with Crippen LogP contribution in [-0.2, 0) is 40.3 Å². The quantitative estimate of drug-likeness (QED) is 0.129. The number of fused-ring (bicyclic) bond motifs is 2. The molecule has 0 atom stereocenters. The van der Waals surface area contributed by atoms with Crippen LogP contribution in [0, 0.1) is 5.92 Å². The van der Waals surface area contributed by atoms with E-state index in [2.05, 4.69) is 15.6 Å². The molecule has 2 fully saturated rings. The van der Waals surface area contributed by atoms with Crippen LogP contribution in [0.4, 0.5) is 11.9 Å². The van der Waals surface area contributed by atoms with Crippen molar-refractivity contribution in [1.29, 1.82) is 0 Å². The van der Waals surface area contributed by atoms with Crippen LogP contribution in [-0.4, -0.2) is 72.9 Å². The third kappa shape index (κ3) is 8.60. The number of aromatic nitrogens is 8. The van der Waals surface area contributed by atoms with E-state index in [1.807, 2.05) is 59.4 Å². The molecular formula is C44H58N10O7. The van der Waals surface area contributed by atoms with Gasteiger partial charge in [-0.3, -0.25) is 37.0 Å². The van der Waals surface area contributed by atoms with Crippen LogP contribution in [0.2, 0.25) is 0 Å². The average Bonchev–Trinajstić information content (AvgIpc) is 4.08. The molecule has 17 heteroatoms. The highest BCUT2D eigenvalue weighted by atomic mass is 16.5. The highest BCUT2D eigenvalue weighted by Gasteiger charge is 2.35. The number of benzene rings is 2. The summed E-state index contributed by atoms with van der Waals surface area (Å²) in [7, 11) is 4.73. The topological polar surface area (TPSA) is 197 Å². The first-order valence-electron chi connectivity index (χ1n) is 21.2. The second-order valence-corrected chi connectivity index (χ2v) is 16.8. The Morgan fingerprint density at radius 3 is 1.90 bits per heavy atom. The number of aliphatic hydroxyl groups is 1. The van der Waals surface area contributed by atoms with Crippen LogP contribution in [0.3, 0.4) is 0 Å². The van der Waals surface area contributed by atoms with E-state index in [9.17, 15) is 29.4 Å². The highest BCUT2D eigenvalue weighted by molar-refractivity contribution is 5.75. The third-order valence-electron chi connectivity index (χ3n) is 12.0. The highest BCUT2D eigenvalue weighted by Crippen LogP contribution is 2.34. The van der Waals surface area contributed by atoms with E-state index in [0.717, 1.165) is 60.0 Å². The lowest BCUT2D eigenvalue weighted by Crippen LogP contribution is -2.41. The van der Waals surface area contributed by atoms with E-state index >= 15 is 0 Å². The number of nitrogens with zero attached hydrogens (tertiary/aromatic N) is 8. The summed E-state index contributed by atoms with van der Waals surface area (Å²) in [5.41, 5.74) is 1.53. The third-order valence-corrected chi connectivity index (χ3v) is 12.0. The number of phenols is 1. The van der Waals surface area contributed by atoms with E-state index in [0.29, 0.717) is 59.9 Å². The maximum Gasteiger partial charge on any atom is 0.332 e. The van der Waals surface area contributed by atoms with Gasteiger partial charge in [0.2, 0.25) is 11.9 Å². The summed E-state index contributed by atoms with van der Waals surface area (Å²) >= 11 is 0. The summed E-state index contributed by atoms with van der Waals surface area (Å²) < 4.78 is 14.4. The molecule has 0 amide bonds. The number of methoxy groups -OCH3 is 1. The normalized spacial score (nSPS) is 15.1. The van der Waals surface area contributed by atoms with Gasteiger partial charge in [-0.15, -0.1) is 0 Å². The van der Waals surface area contributed by atoms with E-state index < -0.39 is 11.2 Å². The summed E-state index contributed by atoms with van der Waals surface area (Å²) in [4.78, 5) is 61.3. The standard InChI is InChI=1S/C25H35N5O4.C19H23N5O3/c1-5-28-22(32)20-21(30(24(28)33)14-17(2)3)26-23(27-25(16-31)12-6-7-13-25)29(20)15-18-8-10-19(34-4)11-9-18;1-22-16-15(17(26)23(2)19(22)27)24(11-12-7-9-14(25)10-8-12)18(21-16)20-13-5-3-4-6-13/h8-11,17,31H,5-7,12-16H2,1-4H3,(H,26,27);7-10,13,25H,3-6,11H2,1-2H3,(H,20,21). The minimum Gasteiger partial charge on any atom is -0.508 e. The van der Waals surface area contributed by atoms with Gasteiger partial charge in [-0.1, -0.05) is 63.8 Å². The molecule has 0 bridgehead atoms. The Bertz CT molecular complexity index is 2740. The number of phenolic OH excluding ortho intramolecular Hbond substituents is 1. The Balaban J connectivity index is 0.000000189. The number of hydrogen-bond donors (Lipinski definition) is 4. The number of aromatic hydroxyl groups is 1. The summed E-state index contributed by atoms with van der Waals surface area (Å²) in [6.07, 6.45) is 8.19. The zero-order valence-electron chi connectivity index (χ0n) is 36.0. The van der Waals surface area contributed by atoms with Crippen molar-refractivity contribution in [3.8, 4) is 11.5 Å². The summed E-state index contributed by atoms with van der Waals surface area (Å²) in [6.45, 7) is 7.40. The van der Waals surface area contributed by atoms with Crippen LogP contribution >= 0.6 is 0 Å². The lowest BCUT2D eigenvalue weighted by molar-refractivity contribution is 0.213. The number of imidazole rings is 2. The first-order valence-corrected chi connectivity index (χ1v) is 21.2. The molecule has 0 unspecified atom stereocenters. The van der Waals surface area contributed by atoms with Gasteiger partial charge in [-0.05, 0) is 73.9 Å². The molecular weight excluding hydrogens is 781 g/mol. The Labute approximate surface area is 352 Å². The Morgan fingerprint density at radius 2 is 1.33 bits per heavy atom. The fraction of sp³-hybridized carbons (Fsp3) is 0.500. The van der Waals surface area contributed by atoms with E-state index in [1.165, 1.54) is 29.0 Å². The summed E-state index contributed by atoms with van der Waals surface area (Å²) in [5.74, 6) is 2.25. The molecule has 8 rings (SSSR count). The van der Waals surface area contributed by atoms with Crippen molar-refractivity contribution in [2.24, 2.45) is 20.0 Å². The van der Waals surface area contributed by atoms with Crippen molar-refractivity contribution in [3.05, 3.63) is 101 Å². The fourth-order valence-corrected chi connectivity index (χ4v) is 8.62. The smallest absolute Gasteiger partial charge is 0.332 e. The number of anilines is 2. The Hall–Kier alpha value is -6.10. The molecule has 0 spiro atoms. The van der Waals surface area contributed by atoms with Crippen LogP contribution in [0.15, 0.2) is 67.7 Å². The van der Waals surface area contributed by atoms with Crippen LogP contribution in [0.5, 0.6) is 11.5 Å². The lowest BCUT2D eigenvalue weighted by atomic mass is 9.99. The zero-order chi connectivity index (χ0) is 43.6.